The molecule has 1 fully saturated rings. The van der Waals surface area contributed by atoms with Crippen molar-refractivity contribution in [2.75, 3.05) is 14.2 Å². The Morgan fingerprint density at radius 1 is 1.18 bits per heavy atom. The van der Waals surface area contributed by atoms with E-state index in [9.17, 15) is 5.11 Å². The van der Waals surface area contributed by atoms with Crippen molar-refractivity contribution in [2.45, 2.75) is 32.3 Å². The summed E-state index contributed by atoms with van der Waals surface area (Å²) in [5, 5.41) is 10.8. The zero-order chi connectivity index (χ0) is 12.7. The molecule has 0 aliphatic heterocycles. The van der Waals surface area contributed by atoms with E-state index in [-0.39, 0.29) is 5.41 Å². The van der Waals surface area contributed by atoms with Crippen molar-refractivity contribution >= 4 is 0 Å². The van der Waals surface area contributed by atoms with Crippen LogP contribution in [0.4, 0.5) is 0 Å². The Morgan fingerprint density at radius 2 is 1.65 bits per heavy atom. The van der Waals surface area contributed by atoms with Crippen molar-refractivity contribution in [2.24, 2.45) is 5.41 Å². The molecule has 1 unspecified atom stereocenters. The zero-order valence-electron chi connectivity index (χ0n) is 10.9. The second kappa shape index (κ2) is 3.91. The normalized spacial score (nSPS) is 20.5. The molecule has 94 valence electrons. The fourth-order valence-electron chi connectivity index (χ4n) is 2.31. The van der Waals surface area contributed by atoms with Crippen molar-refractivity contribution in [3.8, 4) is 11.5 Å². The molecular weight excluding hydrogens is 216 g/mol. The Bertz CT molecular complexity index is 397. The molecule has 1 aromatic carbocycles. The lowest BCUT2D eigenvalue weighted by Gasteiger charge is -2.33. The summed E-state index contributed by atoms with van der Waals surface area (Å²) in [5.41, 5.74) is -0.246. The van der Waals surface area contributed by atoms with Gasteiger partial charge in [-0.3, -0.25) is 0 Å². The highest BCUT2D eigenvalue weighted by Crippen LogP contribution is 2.60. The van der Waals surface area contributed by atoms with E-state index in [1.165, 1.54) is 0 Å². The Kier molecular flexibility index (Phi) is 2.82. The minimum absolute atomic E-state index is 0.0745. The fraction of sp³-hybridized carbons (Fsp3) is 0.571. The molecule has 0 spiro atoms. The van der Waals surface area contributed by atoms with Crippen LogP contribution in [-0.2, 0) is 5.60 Å². The van der Waals surface area contributed by atoms with Crippen LogP contribution in [-0.4, -0.2) is 19.3 Å². The van der Waals surface area contributed by atoms with Crippen LogP contribution in [0.25, 0.3) is 0 Å². The summed E-state index contributed by atoms with van der Waals surface area (Å²) in [4.78, 5) is 0. The van der Waals surface area contributed by atoms with Crippen molar-refractivity contribution in [1.82, 2.24) is 0 Å². The van der Waals surface area contributed by atoms with Gasteiger partial charge in [0.15, 0.2) is 0 Å². The molecule has 1 aliphatic rings. The largest absolute Gasteiger partial charge is 0.496 e. The van der Waals surface area contributed by atoms with Crippen LogP contribution >= 0.6 is 0 Å². The molecule has 0 radical (unpaired) electrons. The highest BCUT2D eigenvalue weighted by molar-refractivity contribution is 5.50. The zero-order valence-corrected chi connectivity index (χ0v) is 10.9. The highest BCUT2D eigenvalue weighted by Gasteiger charge is 2.55. The molecule has 2 rings (SSSR count). The van der Waals surface area contributed by atoms with Crippen LogP contribution in [0.15, 0.2) is 18.2 Å². The standard InChI is InChI=1S/C14H20O3/c1-13(8-9-13)14(2,15)12-10(16-3)6-5-7-11(12)17-4/h5-7,15H,8-9H2,1-4H3. The van der Waals surface area contributed by atoms with E-state index in [0.29, 0.717) is 11.5 Å². The first-order chi connectivity index (χ1) is 7.96. The van der Waals surface area contributed by atoms with Gasteiger partial charge in [0.25, 0.3) is 0 Å². The molecule has 1 aromatic rings. The lowest BCUT2D eigenvalue weighted by atomic mass is 9.80. The van der Waals surface area contributed by atoms with Crippen molar-refractivity contribution in [1.29, 1.82) is 0 Å². The Morgan fingerprint density at radius 3 is 2.00 bits per heavy atom. The number of rotatable bonds is 4. The van der Waals surface area contributed by atoms with Crippen LogP contribution in [0, 0.1) is 5.41 Å². The minimum atomic E-state index is -0.926. The van der Waals surface area contributed by atoms with Crippen molar-refractivity contribution < 1.29 is 14.6 Å². The first-order valence-electron chi connectivity index (χ1n) is 5.90. The molecule has 0 aromatic heterocycles. The topological polar surface area (TPSA) is 38.7 Å². The third kappa shape index (κ3) is 1.78. The van der Waals surface area contributed by atoms with Crippen LogP contribution in [0.1, 0.15) is 32.3 Å². The van der Waals surface area contributed by atoms with Gasteiger partial charge < -0.3 is 14.6 Å². The molecular formula is C14H20O3. The minimum Gasteiger partial charge on any atom is -0.496 e. The number of methoxy groups -OCH3 is 2. The van der Waals surface area contributed by atoms with Gasteiger partial charge in [0, 0.05) is 5.41 Å². The third-order valence-corrected chi connectivity index (χ3v) is 4.09. The number of hydrogen-bond acceptors (Lipinski definition) is 3. The maximum absolute atomic E-state index is 10.8. The summed E-state index contributed by atoms with van der Waals surface area (Å²) in [6, 6.07) is 5.59. The average Bonchev–Trinajstić information content (AvgIpc) is 3.07. The van der Waals surface area contributed by atoms with Gasteiger partial charge in [0.1, 0.15) is 11.5 Å². The molecule has 1 aliphatic carbocycles. The summed E-state index contributed by atoms with van der Waals surface area (Å²) in [6.45, 7) is 3.94. The van der Waals surface area contributed by atoms with E-state index in [4.69, 9.17) is 9.47 Å². The van der Waals surface area contributed by atoms with Crippen LogP contribution < -0.4 is 9.47 Å². The molecule has 0 saturated heterocycles. The molecule has 17 heavy (non-hydrogen) atoms. The summed E-state index contributed by atoms with van der Waals surface area (Å²) >= 11 is 0. The predicted octanol–water partition coefficient (Wildman–Crippen LogP) is 2.71. The van der Waals surface area contributed by atoms with E-state index >= 15 is 0 Å². The van der Waals surface area contributed by atoms with Gasteiger partial charge in [-0.05, 0) is 31.9 Å². The first kappa shape index (κ1) is 12.2. The van der Waals surface area contributed by atoms with Gasteiger partial charge in [-0.15, -0.1) is 0 Å². The predicted molar refractivity (Wildman–Crippen MR) is 66.5 cm³/mol. The maximum atomic E-state index is 10.8. The second-order valence-corrected chi connectivity index (χ2v) is 5.17. The molecule has 0 heterocycles. The van der Waals surface area contributed by atoms with E-state index in [2.05, 4.69) is 6.92 Å². The van der Waals surface area contributed by atoms with E-state index in [0.717, 1.165) is 18.4 Å². The summed E-state index contributed by atoms with van der Waals surface area (Å²) < 4.78 is 10.7. The summed E-state index contributed by atoms with van der Waals surface area (Å²) in [5.74, 6) is 1.37. The molecule has 0 bridgehead atoms. The van der Waals surface area contributed by atoms with Gasteiger partial charge in [0.05, 0.1) is 25.4 Å². The average molecular weight is 236 g/mol. The lowest BCUT2D eigenvalue weighted by Crippen LogP contribution is -2.32. The number of aliphatic hydroxyl groups is 1. The van der Waals surface area contributed by atoms with E-state index in [1.807, 2.05) is 25.1 Å². The number of ether oxygens (including phenoxy) is 2. The van der Waals surface area contributed by atoms with Crippen LogP contribution in [0.2, 0.25) is 0 Å². The van der Waals surface area contributed by atoms with Crippen molar-refractivity contribution in [3.63, 3.8) is 0 Å². The Hall–Kier alpha value is -1.22. The van der Waals surface area contributed by atoms with Gasteiger partial charge >= 0.3 is 0 Å². The summed E-state index contributed by atoms with van der Waals surface area (Å²) in [6.07, 6.45) is 2.06. The Labute approximate surface area is 102 Å². The molecule has 3 nitrogen and oxygen atoms in total. The van der Waals surface area contributed by atoms with Gasteiger partial charge in [0.2, 0.25) is 0 Å². The quantitative estimate of drug-likeness (QED) is 0.873. The highest BCUT2D eigenvalue weighted by atomic mass is 16.5. The smallest absolute Gasteiger partial charge is 0.128 e. The SMILES string of the molecule is COc1cccc(OC)c1C(C)(O)C1(C)CC1. The molecule has 1 N–H and O–H groups in total. The van der Waals surface area contributed by atoms with Gasteiger partial charge in [-0.25, -0.2) is 0 Å². The second-order valence-electron chi connectivity index (χ2n) is 5.17. The van der Waals surface area contributed by atoms with Gasteiger partial charge in [-0.2, -0.15) is 0 Å². The maximum Gasteiger partial charge on any atom is 0.128 e. The van der Waals surface area contributed by atoms with Crippen LogP contribution in [0.3, 0.4) is 0 Å². The van der Waals surface area contributed by atoms with Gasteiger partial charge in [-0.1, -0.05) is 13.0 Å². The first-order valence-corrected chi connectivity index (χ1v) is 5.90. The lowest BCUT2D eigenvalue weighted by molar-refractivity contribution is -0.0164. The fourth-order valence-corrected chi connectivity index (χ4v) is 2.31. The number of hydrogen-bond donors (Lipinski definition) is 1. The number of benzene rings is 1. The third-order valence-electron chi connectivity index (χ3n) is 4.09. The van der Waals surface area contributed by atoms with Crippen molar-refractivity contribution in [3.05, 3.63) is 23.8 Å². The van der Waals surface area contributed by atoms with Crippen LogP contribution in [0.5, 0.6) is 11.5 Å². The molecule has 0 amide bonds. The monoisotopic (exact) mass is 236 g/mol. The Balaban J connectivity index is 2.56. The summed E-state index contributed by atoms with van der Waals surface area (Å²) in [7, 11) is 3.23. The molecule has 3 heteroatoms. The van der Waals surface area contributed by atoms with E-state index < -0.39 is 5.60 Å². The molecule has 1 atom stereocenters. The van der Waals surface area contributed by atoms with E-state index in [1.54, 1.807) is 14.2 Å². The molecule has 1 saturated carbocycles.